The number of nitrogens with one attached hydrogen (secondary N) is 2. The van der Waals surface area contributed by atoms with Gasteiger partial charge in [-0.25, -0.2) is 22.3 Å². The van der Waals surface area contributed by atoms with Gasteiger partial charge in [0, 0.05) is 6.04 Å². The Kier molecular flexibility index (Phi) is 6.37. The second-order valence-electron chi connectivity index (χ2n) is 6.78. The number of halogens is 1. The summed E-state index contributed by atoms with van der Waals surface area (Å²) in [7, 11) is -2.57. The normalized spacial score (nSPS) is 14.6. The van der Waals surface area contributed by atoms with Gasteiger partial charge >= 0.3 is 5.97 Å². The minimum atomic E-state index is -3.89. The Morgan fingerprint density at radius 1 is 1.17 bits per heavy atom. The molecule has 160 valence electrons. The summed E-state index contributed by atoms with van der Waals surface area (Å²) in [6, 6.07) is 9.24. The summed E-state index contributed by atoms with van der Waals surface area (Å²) in [4.78, 5) is 24.5. The molecule has 8 nitrogen and oxygen atoms in total. The van der Waals surface area contributed by atoms with E-state index in [0.29, 0.717) is 0 Å². The summed E-state index contributed by atoms with van der Waals surface area (Å²) >= 11 is 0. The molecule has 0 radical (unpaired) electrons. The molecule has 0 aromatic heterocycles. The Balaban J connectivity index is 1.73. The molecule has 1 saturated carbocycles. The highest BCUT2D eigenvalue weighted by Gasteiger charge is 2.31. The lowest BCUT2D eigenvalue weighted by molar-refractivity contribution is -0.123. The van der Waals surface area contributed by atoms with Crippen LogP contribution in [0.15, 0.2) is 47.4 Å². The summed E-state index contributed by atoms with van der Waals surface area (Å²) in [6.45, 7) is 1.32. The topological polar surface area (TPSA) is 111 Å². The lowest BCUT2D eigenvalue weighted by Gasteiger charge is -2.15. The molecule has 1 fully saturated rings. The predicted octanol–water partition coefficient (Wildman–Crippen LogP) is 2.46. The van der Waals surface area contributed by atoms with Crippen LogP contribution in [-0.2, 0) is 19.6 Å². The number of hydrogen-bond acceptors (Lipinski definition) is 6. The molecule has 3 rings (SSSR count). The number of sulfonamides is 1. The molecule has 2 aromatic carbocycles. The average molecular weight is 436 g/mol. The Labute approximate surface area is 173 Å². The van der Waals surface area contributed by atoms with Gasteiger partial charge in [-0.2, -0.15) is 0 Å². The van der Waals surface area contributed by atoms with Crippen molar-refractivity contribution in [2.75, 3.05) is 12.4 Å². The van der Waals surface area contributed by atoms with Gasteiger partial charge in [0.25, 0.3) is 5.91 Å². The summed E-state index contributed by atoms with van der Waals surface area (Å²) in [5.74, 6) is -2.19. The summed E-state index contributed by atoms with van der Waals surface area (Å²) in [6.07, 6.45) is 0.249. The van der Waals surface area contributed by atoms with E-state index in [0.717, 1.165) is 18.9 Å². The van der Waals surface area contributed by atoms with Gasteiger partial charge < -0.3 is 14.8 Å². The molecule has 0 heterocycles. The fourth-order valence-electron chi connectivity index (χ4n) is 2.58. The Morgan fingerprint density at radius 3 is 2.50 bits per heavy atom. The molecule has 10 heteroatoms. The van der Waals surface area contributed by atoms with Gasteiger partial charge in [0.15, 0.2) is 6.10 Å². The molecule has 30 heavy (non-hydrogen) atoms. The van der Waals surface area contributed by atoms with Crippen LogP contribution in [0.3, 0.4) is 0 Å². The SMILES string of the molecule is COc1ccc(C(=O)OC(C)C(=O)Nc2ccccc2F)cc1S(=O)(=O)NC1CC1. The monoisotopic (exact) mass is 436 g/mol. The number of rotatable bonds is 8. The zero-order valence-corrected chi connectivity index (χ0v) is 17.2. The average Bonchev–Trinajstić information content (AvgIpc) is 3.52. The van der Waals surface area contributed by atoms with E-state index in [1.807, 2.05) is 0 Å². The van der Waals surface area contributed by atoms with Crippen molar-refractivity contribution < 1.29 is 31.9 Å². The first-order valence-electron chi connectivity index (χ1n) is 9.18. The van der Waals surface area contributed by atoms with Crippen molar-refractivity contribution in [3.63, 3.8) is 0 Å². The fraction of sp³-hybridized carbons (Fsp3) is 0.300. The van der Waals surface area contributed by atoms with E-state index in [9.17, 15) is 22.4 Å². The molecule has 0 aliphatic heterocycles. The number of carbonyl (C=O) groups is 2. The number of benzene rings is 2. The molecule has 2 aromatic rings. The zero-order valence-electron chi connectivity index (χ0n) is 16.3. The Morgan fingerprint density at radius 2 is 1.87 bits per heavy atom. The van der Waals surface area contributed by atoms with Crippen LogP contribution < -0.4 is 14.8 Å². The molecule has 0 spiro atoms. The number of hydrogen-bond donors (Lipinski definition) is 2. The van der Waals surface area contributed by atoms with E-state index in [2.05, 4.69) is 10.0 Å². The molecule has 1 amide bonds. The van der Waals surface area contributed by atoms with Crippen LogP contribution in [0.1, 0.15) is 30.1 Å². The van der Waals surface area contributed by atoms with Crippen molar-refractivity contribution in [2.24, 2.45) is 0 Å². The minimum absolute atomic E-state index is 0.0469. The third-order valence-corrected chi connectivity index (χ3v) is 5.91. The van der Waals surface area contributed by atoms with Gasteiger partial charge in [0.2, 0.25) is 10.0 Å². The Bertz CT molecular complexity index is 1070. The second kappa shape index (κ2) is 8.80. The lowest BCUT2D eigenvalue weighted by Crippen LogP contribution is -2.30. The van der Waals surface area contributed by atoms with E-state index < -0.39 is 33.8 Å². The largest absolute Gasteiger partial charge is 0.495 e. The number of ether oxygens (including phenoxy) is 2. The molecule has 2 N–H and O–H groups in total. The standard InChI is InChI=1S/C20H21FN2O6S/c1-12(19(24)22-16-6-4-3-5-15(16)21)29-20(25)13-7-10-17(28-2)18(11-13)30(26,27)23-14-8-9-14/h3-7,10-12,14,23H,8-9H2,1-2H3,(H,22,24). The summed E-state index contributed by atoms with van der Waals surface area (Å²) in [5, 5.41) is 2.33. The van der Waals surface area contributed by atoms with E-state index >= 15 is 0 Å². The van der Waals surface area contributed by atoms with Crippen molar-refractivity contribution >= 4 is 27.6 Å². The van der Waals surface area contributed by atoms with Crippen molar-refractivity contribution in [3.05, 3.63) is 53.8 Å². The third-order valence-electron chi connectivity index (χ3n) is 4.37. The summed E-state index contributed by atoms with van der Waals surface area (Å²) < 4.78 is 51.5. The number of anilines is 1. The van der Waals surface area contributed by atoms with E-state index in [4.69, 9.17) is 9.47 Å². The van der Waals surface area contributed by atoms with Crippen molar-refractivity contribution in [1.29, 1.82) is 0 Å². The number of para-hydroxylation sites is 1. The van der Waals surface area contributed by atoms with Crippen molar-refractivity contribution in [2.45, 2.75) is 36.8 Å². The molecule has 1 unspecified atom stereocenters. The van der Waals surface area contributed by atoms with Crippen LogP contribution in [0.2, 0.25) is 0 Å². The first-order chi connectivity index (χ1) is 14.2. The van der Waals surface area contributed by atoms with Gasteiger partial charge in [-0.15, -0.1) is 0 Å². The third kappa shape index (κ3) is 5.14. The maximum Gasteiger partial charge on any atom is 0.338 e. The molecule has 0 saturated heterocycles. The number of amides is 1. The highest BCUT2D eigenvalue weighted by molar-refractivity contribution is 7.89. The van der Waals surface area contributed by atoms with Gasteiger partial charge in [-0.1, -0.05) is 12.1 Å². The molecule has 1 atom stereocenters. The fourth-order valence-corrected chi connectivity index (χ4v) is 4.08. The van der Waals surface area contributed by atoms with E-state index in [1.165, 1.54) is 44.4 Å². The Hall–Kier alpha value is -2.98. The second-order valence-corrected chi connectivity index (χ2v) is 8.46. The van der Waals surface area contributed by atoms with Crippen LogP contribution >= 0.6 is 0 Å². The quantitative estimate of drug-likeness (QED) is 0.615. The van der Waals surface area contributed by atoms with Crippen LogP contribution in [0, 0.1) is 5.82 Å². The first kappa shape index (κ1) is 21.7. The highest BCUT2D eigenvalue weighted by Crippen LogP contribution is 2.28. The molecular weight excluding hydrogens is 415 g/mol. The summed E-state index contributed by atoms with van der Waals surface area (Å²) in [5.41, 5.74) is -0.119. The molecule has 1 aliphatic carbocycles. The van der Waals surface area contributed by atoms with Crippen molar-refractivity contribution in [3.8, 4) is 5.75 Å². The smallest absolute Gasteiger partial charge is 0.338 e. The van der Waals surface area contributed by atoms with Gasteiger partial charge in [0.05, 0.1) is 18.4 Å². The number of methoxy groups -OCH3 is 1. The molecular formula is C20H21FN2O6S. The van der Waals surface area contributed by atoms with Crippen LogP contribution in [-0.4, -0.2) is 39.5 Å². The molecule has 0 bridgehead atoms. The number of carbonyl (C=O) groups excluding carboxylic acids is 2. The van der Waals surface area contributed by atoms with Crippen molar-refractivity contribution in [1.82, 2.24) is 4.72 Å². The molecule has 1 aliphatic rings. The van der Waals surface area contributed by atoms with Crippen LogP contribution in [0.4, 0.5) is 10.1 Å². The maximum absolute atomic E-state index is 13.7. The van der Waals surface area contributed by atoms with E-state index in [1.54, 1.807) is 6.07 Å². The predicted molar refractivity (Wildman–Crippen MR) is 106 cm³/mol. The van der Waals surface area contributed by atoms with Crippen LogP contribution in [0.25, 0.3) is 0 Å². The van der Waals surface area contributed by atoms with Gasteiger partial charge in [-0.3, -0.25) is 4.79 Å². The highest BCUT2D eigenvalue weighted by atomic mass is 32.2. The van der Waals surface area contributed by atoms with Crippen LogP contribution in [0.5, 0.6) is 5.75 Å². The maximum atomic E-state index is 13.7. The zero-order chi connectivity index (χ0) is 21.9. The minimum Gasteiger partial charge on any atom is -0.495 e. The van der Waals surface area contributed by atoms with Gasteiger partial charge in [0.1, 0.15) is 16.5 Å². The van der Waals surface area contributed by atoms with E-state index in [-0.39, 0.29) is 27.9 Å². The van der Waals surface area contributed by atoms with Gasteiger partial charge in [-0.05, 0) is 50.1 Å². The number of esters is 1. The lowest BCUT2D eigenvalue weighted by atomic mass is 10.2. The first-order valence-corrected chi connectivity index (χ1v) is 10.7.